The number of halogens is 1. The van der Waals surface area contributed by atoms with Gasteiger partial charge in [0, 0.05) is 13.1 Å². The van der Waals surface area contributed by atoms with E-state index in [0.717, 1.165) is 5.76 Å². The molecule has 16 heavy (non-hydrogen) atoms. The fraction of sp³-hybridized carbons (Fsp3) is 0.545. The summed E-state index contributed by atoms with van der Waals surface area (Å²) >= 11 is 3.23. The normalized spacial score (nSPS) is 10.8. The first kappa shape index (κ1) is 13.3. The van der Waals surface area contributed by atoms with Gasteiger partial charge in [-0.25, -0.2) is 0 Å². The van der Waals surface area contributed by atoms with Gasteiger partial charge in [0.15, 0.2) is 4.67 Å². The Morgan fingerprint density at radius 2 is 2.25 bits per heavy atom. The lowest BCUT2D eigenvalue weighted by atomic mass is 10.3. The fourth-order valence-corrected chi connectivity index (χ4v) is 1.53. The zero-order chi connectivity index (χ0) is 12.1. The van der Waals surface area contributed by atoms with Crippen molar-refractivity contribution in [2.75, 3.05) is 13.6 Å². The van der Waals surface area contributed by atoms with E-state index in [9.17, 15) is 4.79 Å². The van der Waals surface area contributed by atoms with E-state index in [2.05, 4.69) is 21.2 Å². The minimum Gasteiger partial charge on any atom is -0.452 e. The van der Waals surface area contributed by atoms with Gasteiger partial charge in [0.1, 0.15) is 5.76 Å². The third kappa shape index (κ3) is 4.37. The van der Waals surface area contributed by atoms with Crippen LogP contribution in [-0.4, -0.2) is 30.4 Å². The molecule has 0 aliphatic heterocycles. The van der Waals surface area contributed by atoms with Crippen molar-refractivity contribution in [3.8, 4) is 0 Å². The van der Waals surface area contributed by atoms with Gasteiger partial charge in [-0.15, -0.1) is 0 Å². The lowest BCUT2D eigenvalue weighted by Gasteiger charge is -2.17. The number of rotatable bonds is 5. The predicted molar refractivity (Wildman–Crippen MR) is 66.0 cm³/mol. The number of likely N-dealkylation sites (N-methyl/N-ethyl adjacent to an activating group) is 1. The van der Waals surface area contributed by atoms with Crippen molar-refractivity contribution >= 4 is 21.8 Å². The lowest BCUT2D eigenvalue weighted by Crippen LogP contribution is -2.37. The molecule has 4 nitrogen and oxygen atoms in total. The molecule has 1 amide bonds. The Bertz CT molecular complexity index is 350. The van der Waals surface area contributed by atoms with Crippen LogP contribution < -0.4 is 5.32 Å². The molecule has 0 aliphatic carbocycles. The van der Waals surface area contributed by atoms with Crippen molar-refractivity contribution in [2.45, 2.75) is 26.4 Å². The lowest BCUT2D eigenvalue weighted by molar-refractivity contribution is -0.129. The second-order valence-corrected chi connectivity index (χ2v) is 4.77. The van der Waals surface area contributed by atoms with E-state index < -0.39 is 0 Å². The zero-order valence-corrected chi connectivity index (χ0v) is 11.4. The average Bonchev–Trinajstić information content (AvgIpc) is 2.60. The Morgan fingerprint density at radius 1 is 1.56 bits per heavy atom. The van der Waals surface area contributed by atoms with Gasteiger partial charge in [0.05, 0.1) is 13.1 Å². The molecule has 0 radical (unpaired) electrons. The van der Waals surface area contributed by atoms with E-state index >= 15 is 0 Å². The van der Waals surface area contributed by atoms with Gasteiger partial charge >= 0.3 is 0 Å². The summed E-state index contributed by atoms with van der Waals surface area (Å²) in [5, 5.41) is 3.09. The molecule has 0 aliphatic rings. The van der Waals surface area contributed by atoms with E-state index in [-0.39, 0.29) is 5.91 Å². The van der Waals surface area contributed by atoms with Gasteiger partial charge in [0.2, 0.25) is 5.91 Å². The largest absolute Gasteiger partial charge is 0.452 e. The maximum atomic E-state index is 11.7. The number of nitrogens with one attached hydrogen (secondary N) is 1. The third-order valence-electron chi connectivity index (χ3n) is 2.11. The fourth-order valence-electron chi connectivity index (χ4n) is 1.19. The van der Waals surface area contributed by atoms with Gasteiger partial charge in [-0.3, -0.25) is 4.79 Å². The first-order chi connectivity index (χ1) is 7.49. The van der Waals surface area contributed by atoms with Gasteiger partial charge in [-0.05, 0) is 28.1 Å². The van der Waals surface area contributed by atoms with Gasteiger partial charge < -0.3 is 14.6 Å². The van der Waals surface area contributed by atoms with Crippen LogP contribution in [0.1, 0.15) is 19.6 Å². The molecule has 1 aromatic heterocycles. The molecule has 0 unspecified atom stereocenters. The Hall–Kier alpha value is -0.810. The summed E-state index contributed by atoms with van der Waals surface area (Å²) in [4.78, 5) is 13.3. The highest BCUT2D eigenvalue weighted by atomic mass is 79.9. The minimum absolute atomic E-state index is 0.0567. The maximum absolute atomic E-state index is 11.7. The molecule has 0 saturated carbocycles. The van der Waals surface area contributed by atoms with Crippen molar-refractivity contribution < 1.29 is 9.21 Å². The molecular formula is C11H17BrN2O2. The first-order valence-electron chi connectivity index (χ1n) is 5.20. The van der Waals surface area contributed by atoms with Crippen LogP contribution in [0, 0.1) is 0 Å². The van der Waals surface area contributed by atoms with Crippen LogP contribution >= 0.6 is 15.9 Å². The van der Waals surface area contributed by atoms with Crippen LogP contribution in [-0.2, 0) is 11.3 Å². The summed E-state index contributed by atoms with van der Waals surface area (Å²) in [7, 11) is 1.76. The molecule has 1 N–H and O–H groups in total. The van der Waals surface area contributed by atoms with Crippen molar-refractivity contribution in [3.05, 3.63) is 22.6 Å². The van der Waals surface area contributed by atoms with Crippen molar-refractivity contribution in [2.24, 2.45) is 0 Å². The molecule has 0 spiro atoms. The van der Waals surface area contributed by atoms with Crippen LogP contribution in [0.2, 0.25) is 0 Å². The molecule has 5 heteroatoms. The average molecular weight is 289 g/mol. The van der Waals surface area contributed by atoms with Crippen LogP contribution in [0.5, 0.6) is 0 Å². The molecule has 0 saturated heterocycles. The molecular weight excluding hydrogens is 272 g/mol. The highest BCUT2D eigenvalue weighted by molar-refractivity contribution is 9.10. The summed E-state index contributed by atoms with van der Waals surface area (Å²) in [5.41, 5.74) is 0. The van der Waals surface area contributed by atoms with Crippen molar-refractivity contribution in [3.63, 3.8) is 0 Å². The van der Waals surface area contributed by atoms with E-state index in [1.807, 2.05) is 26.0 Å². The molecule has 1 rings (SSSR count). The van der Waals surface area contributed by atoms with E-state index in [4.69, 9.17) is 4.42 Å². The summed E-state index contributed by atoms with van der Waals surface area (Å²) in [6.07, 6.45) is 0. The van der Waals surface area contributed by atoms with E-state index in [1.165, 1.54) is 0 Å². The van der Waals surface area contributed by atoms with Gasteiger partial charge in [-0.2, -0.15) is 0 Å². The topological polar surface area (TPSA) is 45.5 Å². The highest BCUT2D eigenvalue weighted by Crippen LogP contribution is 2.15. The number of nitrogens with zero attached hydrogens (tertiary/aromatic N) is 1. The summed E-state index contributed by atoms with van der Waals surface area (Å²) < 4.78 is 6.02. The number of amides is 1. The molecule has 0 fully saturated rings. The molecule has 0 bridgehead atoms. The number of hydrogen-bond donors (Lipinski definition) is 1. The summed E-state index contributed by atoms with van der Waals surface area (Å²) in [6.45, 7) is 4.87. The predicted octanol–water partition coefficient (Wildman–Crippen LogP) is 2.00. The highest BCUT2D eigenvalue weighted by Gasteiger charge is 2.11. The Morgan fingerprint density at radius 3 is 2.75 bits per heavy atom. The third-order valence-corrected chi connectivity index (χ3v) is 2.54. The van der Waals surface area contributed by atoms with Crippen LogP contribution in [0.15, 0.2) is 21.2 Å². The van der Waals surface area contributed by atoms with Crippen molar-refractivity contribution in [1.82, 2.24) is 10.2 Å². The second kappa shape index (κ2) is 6.06. The zero-order valence-electron chi connectivity index (χ0n) is 9.79. The standard InChI is InChI=1S/C11H17BrN2O2/c1-8(2)13-6-11(15)14(3)7-9-4-5-10(12)16-9/h4-5,8,13H,6-7H2,1-3H3. The monoisotopic (exact) mass is 288 g/mol. The number of hydrogen-bond acceptors (Lipinski definition) is 3. The molecule has 0 aromatic carbocycles. The Labute approximate surface area is 104 Å². The summed E-state index contributed by atoms with van der Waals surface area (Å²) in [6, 6.07) is 3.99. The van der Waals surface area contributed by atoms with E-state index in [0.29, 0.717) is 23.8 Å². The van der Waals surface area contributed by atoms with Gasteiger partial charge in [-0.1, -0.05) is 13.8 Å². The second-order valence-electron chi connectivity index (χ2n) is 3.99. The quantitative estimate of drug-likeness (QED) is 0.901. The Balaban J connectivity index is 2.39. The summed E-state index contributed by atoms with van der Waals surface area (Å²) in [5.74, 6) is 0.827. The number of carbonyl (C=O) groups excluding carboxylic acids is 1. The van der Waals surface area contributed by atoms with Crippen LogP contribution in [0.3, 0.4) is 0 Å². The van der Waals surface area contributed by atoms with Crippen LogP contribution in [0.25, 0.3) is 0 Å². The molecule has 1 heterocycles. The first-order valence-corrected chi connectivity index (χ1v) is 6.00. The van der Waals surface area contributed by atoms with E-state index in [1.54, 1.807) is 11.9 Å². The minimum atomic E-state index is 0.0567. The number of furan rings is 1. The van der Waals surface area contributed by atoms with Crippen LogP contribution in [0.4, 0.5) is 0 Å². The van der Waals surface area contributed by atoms with Crippen molar-refractivity contribution in [1.29, 1.82) is 0 Å². The molecule has 0 atom stereocenters. The maximum Gasteiger partial charge on any atom is 0.236 e. The van der Waals surface area contributed by atoms with Gasteiger partial charge in [0.25, 0.3) is 0 Å². The smallest absolute Gasteiger partial charge is 0.236 e. The molecule has 90 valence electrons. The Kier molecular flexibility index (Phi) is 5.02. The number of carbonyl (C=O) groups is 1. The SMILES string of the molecule is CC(C)NCC(=O)N(C)Cc1ccc(Br)o1. The molecule has 1 aromatic rings.